The third-order valence-electron chi connectivity index (χ3n) is 3.63. The van der Waals surface area contributed by atoms with Crippen LogP contribution in [0.5, 0.6) is 5.75 Å². The molecule has 0 aromatic heterocycles. The van der Waals surface area contributed by atoms with Gasteiger partial charge >= 0.3 is 0 Å². The monoisotopic (exact) mass is 334 g/mol. The summed E-state index contributed by atoms with van der Waals surface area (Å²) >= 11 is 3.55. The normalized spacial score (nSPS) is 13.8. The van der Waals surface area contributed by atoms with Gasteiger partial charge in [0.25, 0.3) is 0 Å². The molecule has 0 saturated heterocycles. The van der Waals surface area contributed by atoms with E-state index in [1.807, 2.05) is 55.5 Å². The molecule has 20 heavy (non-hydrogen) atoms. The molecule has 0 spiro atoms. The van der Waals surface area contributed by atoms with Crippen molar-refractivity contribution in [1.29, 1.82) is 0 Å². The maximum atomic E-state index is 11.0. The smallest absolute Gasteiger partial charge is 0.119 e. The molecular formula is C17H19BrO2. The highest BCUT2D eigenvalue weighted by Crippen LogP contribution is 2.33. The summed E-state index contributed by atoms with van der Waals surface area (Å²) in [7, 11) is 1.65. The lowest BCUT2D eigenvalue weighted by Crippen LogP contribution is -2.27. The van der Waals surface area contributed by atoms with Crippen LogP contribution in [0.15, 0.2) is 53.0 Å². The van der Waals surface area contributed by atoms with E-state index < -0.39 is 5.60 Å². The summed E-state index contributed by atoms with van der Waals surface area (Å²) in [5.41, 5.74) is 1.12. The number of rotatable bonds is 5. The number of methoxy groups -OCH3 is 1. The summed E-state index contributed by atoms with van der Waals surface area (Å²) in [6.07, 6.45) is 1.20. The fourth-order valence-corrected chi connectivity index (χ4v) is 2.70. The molecule has 106 valence electrons. The number of ether oxygens (including phenoxy) is 1. The third kappa shape index (κ3) is 3.22. The Balaban J connectivity index is 2.35. The molecule has 0 aliphatic carbocycles. The zero-order chi connectivity index (χ0) is 14.6. The molecule has 1 unspecified atom stereocenters. The zero-order valence-corrected chi connectivity index (χ0v) is 13.4. The highest BCUT2D eigenvalue weighted by atomic mass is 79.9. The van der Waals surface area contributed by atoms with E-state index in [1.54, 1.807) is 7.11 Å². The van der Waals surface area contributed by atoms with Crippen LogP contribution < -0.4 is 4.74 Å². The lowest BCUT2D eigenvalue weighted by molar-refractivity contribution is 0.0325. The third-order valence-corrected chi connectivity index (χ3v) is 4.41. The van der Waals surface area contributed by atoms with Gasteiger partial charge in [0.2, 0.25) is 0 Å². The first-order valence-corrected chi connectivity index (χ1v) is 7.48. The predicted molar refractivity (Wildman–Crippen MR) is 85.0 cm³/mol. The Morgan fingerprint density at radius 1 is 1.15 bits per heavy atom. The van der Waals surface area contributed by atoms with Crippen LogP contribution in [0, 0.1) is 0 Å². The van der Waals surface area contributed by atoms with Gasteiger partial charge in [0, 0.05) is 10.9 Å². The van der Waals surface area contributed by atoms with Crippen LogP contribution in [0.2, 0.25) is 0 Å². The second kappa shape index (κ2) is 6.42. The molecule has 2 aromatic carbocycles. The average molecular weight is 335 g/mol. The Hall–Kier alpha value is -1.32. The van der Waals surface area contributed by atoms with Crippen LogP contribution in [-0.2, 0) is 12.0 Å². The summed E-state index contributed by atoms with van der Waals surface area (Å²) < 4.78 is 6.25. The van der Waals surface area contributed by atoms with Gasteiger partial charge in [-0.2, -0.15) is 0 Å². The minimum atomic E-state index is -0.865. The molecule has 0 amide bonds. The predicted octanol–water partition coefficient (Wildman–Crippen LogP) is 4.30. The van der Waals surface area contributed by atoms with Gasteiger partial charge in [-0.3, -0.25) is 0 Å². The Labute approximate surface area is 128 Å². The van der Waals surface area contributed by atoms with Crippen LogP contribution in [0.4, 0.5) is 0 Å². The van der Waals surface area contributed by atoms with Crippen LogP contribution in [-0.4, -0.2) is 12.2 Å². The number of aliphatic hydroxyl groups is 1. The maximum absolute atomic E-state index is 11.0. The van der Waals surface area contributed by atoms with Crippen molar-refractivity contribution in [2.75, 3.05) is 7.11 Å². The van der Waals surface area contributed by atoms with Crippen molar-refractivity contribution >= 4 is 15.9 Å². The SMILES string of the molecule is CCC(O)(Cc1cc(OC)ccc1Br)c1ccccc1. The van der Waals surface area contributed by atoms with Gasteiger partial charge in [0.05, 0.1) is 12.7 Å². The van der Waals surface area contributed by atoms with Crippen LogP contribution in [0.3, 0.4) is 0 Å². The molecule has 1 N–H and O–H groups in total. The van der Waals surface area contributed by atoms with Gasteiger partial charge in [0.1, 0.15) is 5.75 Å². The summed E-state index contributed by atoms with van der Waals surface area (Å²) in [5, 5.41) is 11.0. The number of halogens is 1. The Kier molecular flexibility index (Phi) is 4.84. The van der Waals surface area contributed by atoms with Gasteiger partial charge in [0.15, 0.2) is 0 Å². The van der Waals surface area contributed by atoms with E-state index in [-0.39, 0.29) is 0 Å². The lowest BCUT2D eigenvalue weighted by atomic mass is 9.85. The zero-order valence-electron chi connectivity index (χ0n) is 11.8. The Morgan fingerprint density at radius 2 is 1.85 bits per heavy atom. The molecule has 2 aromatic rings. The number of hydrogen-bond donors (Lipinski definition) is 1. The number of hydrogen-bond acceptors (Lipinski definition) is 2. The molecule has 0 aliphatic rings. The molecule has 0 fully saturated rings. The van der Waals surface area contributed by atoms with Crippen molar-refractivity contribution < 1.29 is 9.84 Å². The maximum Gasteiger partial charge on any atom is 0.119 e. The highest BCUT2D eigenvalue weighted by molar-refractivity contribution is 9.10. The molecule has 3 heteroatoms. The minimum Gasteiger partial charge on any atom is -0.497 e. The van der Waals surface area contributed by atoms with Crippen molar-refractivity contribution in [2.24, 2.45) is 0 Å². The van der Waals surface area contributed by atoms with E-state index in [0.717, 1.165) is 21.3 Å². The molecule has 2 nitrogen and oxygen atoms in total. The van der Waals surface area contributed by atoms with E-state index in [4.69, 9.17) is 4.74 Å². The van der Waals surface area contributed by atoms with E-state index >= 15 is 0 Å². The fourth-order valence-electron chi connectivity index (χ4n) is 2.31. The summed E-state index contributed by atoms with van der Waals surface area (Å²) in [6, 6.07) is 15.6. The van der Waals surface area contributed by atoms with Crippen molar-refractivity contribution in [2.45, 2.75) is 25.4 Å². The Bertz CT molecular complexity index is 568. The summed E-state index contributed by atoms with van der Waals surface area (Å²) in [5.74, 6) is 0.801. The standard InChI is InChI=1S/C17H19BrO2/c1-3-17(19,14-7-5-4-6-8-14)12-13-11-15(20-2)9-10-16(13)18/h4-11,19H,3,12H2,1-2H3. The second-order valence-electron chi connectivity index (χ2n) is 4.89. The van der Waals surface area contributed by atoms with Gasteiger partial charge < -0.3 is 9.84 Å². The molecular weight excluding hydrogens is 316 g/mol. The molecule has 0 saturated carbocycles. The largest absolute Gasteiger partial charge is 0.497 e. The van der Waals surface area contributed by atoms with Crippen LogP contribution in [0.1, 0.15) is 24.5 Å². The quantitative estimate of drug-likeness (QED) is 0.883. The second-order valence-corrected chi connectivity index (χ2v) is 5.74. The topological polar surface area (TPSA) is 29.5 Å². The van der Waals surface area contributed by atoms with E-state index in [9.17, 15) is 5.11 Å². The molecule has 1 atom stereocenters. The van der Waals surface area contributed by atoms with Crippen LogP contribution >= 0.6 is 15.9 Å². The van der Waals surface area contributed by atoms with Crippen molar-refractivity contribution in [3.05, 3.63) is 64.1 Å². The molecule has 0 radical (unpaired) electrons. The first-order valence-electron chi connectivity index (χ1n) is 6.69. The van der Waals surface area contributed by atoms with E-state index in [1.165, 1.54) is 0 Å². The highest BCUT2D eigenvalue weighted by Gasteiger charge is 2.28. The molecule has 2 rings (SSSR count). The van der Waals surface area contributed by atoms with Crippen molar-refractivity contribution in [3.63, 3.8) is 0 Å². The fraction of sp³-hybridized carbons (Fsp3) is 0.294. The number of benzene rings is 2. The van der Waals surface area contributed by atoms with Gasteiger partial charge in [-0.1, -0.05) is 53.2 Å². The summed E-state index contributed by atoms with van der Waals surface area (Å²) in [4.78, 5) is 0. The first kappa shape index (κ1) is 15.1. The molecule has 0 heterocycles. The van der Waals surface area contributed by atoms with Crippen molar-refractivity contribution in [1.82, 2.24) is 0 Å². The first-order chi connectivity index (χ1) is 9.59. The minimum absolute atomic E-state index is 0.547. The summed E-state index contributed by atoms with van der Waals surface area (Å²) in [6.45, 7) is 2.00. The van der Waals surface area contributed by atoms with Gasteiger partial charge in [-0.15, -0.1) is 0 Å². The molecule has 0 aliphatic heterocycles. The van der Waals surface area contributed by atoms with E-state index in [0.29, 0.717) is 12.8 Å². The van der Waals surface area contributed by atoms with Gasteiger partial charge in [-0.05, 0) is 35.7 Å². The average Bonchev–Trinajstić information content (AvgIpc) is 2.50. The lowest BCUT2D eigenvalue weighted by Gasteiger charge is -2.28. The molecule has 0 bridgehead atoms. The van der Waals surface area contributed by atoms with Crippen LogP contribution in [0.25, 0.3) is 0 Å². The Morgan fingerprint density at radius 3 is 2.45 bits per heavy atom. The van der Waals surface area contributed by atoms with Gasteiger partial charge in [-0.25, -0.2) is 0 Å². The van der Waals surface area contributed by atoms with Crippen molar-refractivity contribution in [3.8, 4) is 5.75 Å². The van der Waals surface area contributed by atoms with E-state index in [2.05, 4.69) is 15.9 Å².